The van der Waals surface area contributed by atoms with Crippen LogP contribution in [-0.4, -0.2) is 17.0 Å². The summed E-state index contributed by atoms with van der Waals surface area (Å²) < 4.78 is 0. The Balaban J connectivity index is 2.92. The Hall–Kier alpha value is -0.890. The predicted octanol–water partition coefficient (Wildman–Crippen LogP) is 3.27. The van der Waals surface area contributed by atoms with Crippen molar-refractivity contribution in [1.82, 2.24) is 0 Å². The van der Waals surface area contributed by atoms with Crippen LogP contribution in [-0.2, 0) is 4.79 Å². The summed E-state index contributed by atoms with van der Waals surface area (Å²) in [5.74, 6) is -0.266. The molecule has 0 amide bonds. The van der Waals surface area contributed by atoms with Crippen LogP contribution >= 0.6 is 0 Å². The third-order valence-corrected chi connectivity index (χ3v) is 3.54. The number of aliphatic hydroxyl groups excluding tert-OH is 1. The number of hydrogen-bond donors (Lipinski definition) is 1. The molecule has 0 saturated carbocycles. The monoisotopic (exact) mass is 236 g/mol. The molecule has 17 heavy (non-hydrogen) atoms. The lowest BCUT2D eigenvalue weighted by Gasteiger charge is -2.18. The van der Waals surface area contributed by atoms with Gasteiger partial charge in [-0.1, -0.05) is 38.5 Å². The van der Waals surface area contributed by atoms with E-state index in [-0.39, 0.29) is 17.1 Å². The van der Waals surface area contributed by atoms with Crippen LogP contribution in [0, 0.1) is 11.3 Å². The van der Waals surface area contributed by atoms with Gasteiger partial charge in [-0.3, -0.25) is 4.79 Å². The van der Waals surface area contributed by atoms with Gasteiger partial charge in [0.2, 0.25) is 0 Å². The van der Waals surface area contributed by atoms with E-state index in [2.05, 4.69) is 26.8 Å². The molecular formula is C15H24O2. The molecule has 0 aromatic carbocycles. The first-order valence-corrected chi connectivity index (χ1v) is 6.38. The van der Waals surface area contributed by atoms with Gasteiger partial charge in [0.25, 0.3) is 0 Å². The van der Waals surface area contributed by atoms with Gasteiger partial charge in [0, 0.05) is 5.92 Å². The molecule has 1 rings (SSSR count). The molecule has 0 unspecified atom stereocenters. The van der Waals surface area contributed by atoms with E-state index in [1.165, 1.54) is 5.57 Å². The van der Waals surface area contributed by atoms with Crippen LogP contribution in [0.25, 0.3) is 0 Å². The van der Waals surface area contributed by atoms with Crippen LogP contribution in [0.2, 0.25) is 0 Å². The first kappa shape index (κ1) is 14.2. The molecule has 0 saturated heterocycles. The number of ketones is 1. The molecule has 0 aromatic heterocycles. The zero-order chi connectivity index (χ0) is 13.1. The summed E-state index contributed by atoms with van der Waals surface area (Å²) in [5, 5.41) is 9.93. The molecule has 2 nitrogen and oxygen atoms in total. The van der Waals surface area contributed by atoms with Crippen molar-refractivity contribution in [3.8, 4) is 0 Å². The van der Waals surface area contributed by atoms with Crippen molar-refractivity contribution < 1.29 is 9.90 Å². The number of carbonyl (C=O) groups is 1. The fraction of sp³-hybridized carbons (Fsp3) is 0.667. The van der Waals surface area contributed by atoms with Crippen molar-refractivity contribution in [1.29, 1.82) is 0 Å². The standard InChI is InChI=1S/C15H24O2/c1-11-5-6-13(16)12(2)14(17)8-10-15(3,4)9-7-11/h7-8,10,12-13,16H,5-6,9H2,1-4H3/b10-8+,11-7+/t12-,13-/m0/s1. The molecule has 0 bridgehead atoms. The molecule has 0 heterocycles. The normalized spacial score (nSPS) is 35.6. The van der Waals surface area contributed by atoms with Crippen LogP contribution in [0.3, 0.4) is 0 Å². The highest BCUT2D eigenvalue weighted by Crippen LogP contribution is 2.26. The Morgan fingerprint density at radius 1 is 1.41 bits per heavy atom. The zero-order valence-electron chi connectivity index (χ0n) is 11.4. The van der Waals surface area contributed by atoms with Gasteiger partial charge in [-0.05, 0) is 37.7 Å². The van der Waals surface area contributed by atoms with E-state index >= 15 is 0 Å². The fourth-order valence-corrected chi connectivity index (χ4v) is 1.88. The smallest absolute Gasteiger partial charge is 0.160 e. The van der Waals surface area contributed by atoms with E-state index in [4.69, 9.17) is 0 Å². The van der Waals surface area contributed by atoms with Crippen molar-refractivity contribution in [2.75, 3.05) is 0 Å². The highest BCUT2D eigenvalue weighted by atomic mass is 16.3. The van der Waals surface area contributed by atoms with Gasteiger partial charge in [0.1, 0.15) is 0 Å². The number of allylic oxidation sites excluding steroid dienone is 4. The van der Waals surface area contributed by atoms with Gasteiger partial charge in [-0.25, -0.2) is 0 Å². The van der Waals surface area contributed by atoms with E-state index in [9.17, 15) is 9.90 Å². The van der Waals surface area contributed by atoms with E-state index < -0.39 is 6.10 Å². The minimum atomic E-state index is -0.531. The Bertz CT molecular complexity index is 337. The van der Waals surface area contributed by atoms with E-state index in [0.717, 1.165) is 12.8 Å². The lowest BCUT2D eigenvalue weighted by molar-refractivity contribution is -0.121. The van der Waals surface area contributed by atoms with Crippen LogP contribution in [0.15, 0.2) is 23.8 Å². The molecular weight excluding hydrogens is 212 g/mol. The first-order chi connectivity index (χ1) is 7.82. The number of rotatable bonds is 0. The molecule has 2 atom stereocenters. The SMILES string of the molecule is C/C1=C\CC(C)(C)/C=C/C(=O)[C@@H](C)[C@@H](O)CC1. The van der Waals surface area contributed by atoms with Gasteiger partial charge >= 0.3 is 0 Å². The topological polar surface area (TPSA) is 37.3 Å². The summed E-state index contributed by atoms with van der Waals surface area (Å²) in [4.78, 5) is 11.9. The minimum absolute atomic E-state index is 0.00589. The van der Waals surface area contributed by atoms with E-state index in [1.54, 1.807) is 13.0 Å². The maximum absolute atomic E-state index is 11.9. The lowest BCUT2D eigenvalue weighted by atomic mass is 9.87. The Kier molecular flexibility index (Phi) is 4.70. The Morgan fingerprint density at radius 2 is 2.06 bits per heavy atom. The van der Waals surface area contributed by atoms with Crippen molar-refractivity contribution >= 4 is 5.78 Å². The third-order valence-electron chi connectivity index (χ3n) is 3.54. The first-order valence-electron chi connectivity index (χ1n) is 6.38. The summed E-state index contributed by atoms with van der Waals surface area (Å²) in [6, 6.07) is 0. The van der Waals surface area contributed by atoms with Crippen molar-refractivity contribution in [3.05, 3.63) is 23.8 Å². The average molecular weight is 236 g/mol. The molecule has 96 valence electrons. The lowest BCUT2D eigenvalue weighted by Crippen LogP contribution is -2.24. The van der Waals surface area contributed by atoms with Crippen LogP contribution in [0.5, 0.6) is 0 Å². The number of hydrogen-bond acceptors (Lipinski definition) is 2. The molecule has 2 heteroatoms. The van der Waals surface area contributed by atoms with Gasteiger partial charge in [0.05, 0.1) is 6.10 Å². The highest BCUT2D eigenvalue weighted by Gasteiger charge is 2.22. The predicted molar refractivity (Wildman–Crippen MR) is 70.7 cm³/mol. The van der Waals surface area contributed by atoms with Gasteiger partial charge in [-0.2, -0.15) is 0 Å². The number of aliphatic hydroxyl groups is 1. The van der Waals surface area contributed by atoms with E-state index in [1.807, 2.05) is 6.08 Å². The second-order valence-electron chi connectivity index (χ2n) is 5.87. The van der Waals surface area contributed by atoms with Crippen molar-refractivity contribution in [2.45, 2.75) is 53.1 Å². The largest absolute Gasteiger partial charge is 0.392 e. The Labute approximate surface area is 104 Å². The maximum Gasteiger partial charge on any atom is 0.160 e. The molecule has 1 aliphatic rings. The Morgan fingerprint density at radius 3 is 2.71 bits per heavy atom. The molecule has 1 N–H and O–H groups in total. The van der Waals surface area contributed by atoms with Crippen LogP contribution in [0.1, 0.15) is 47.0 Å². The second kappa shape index (κ2) is 5.63. The summed E-state index contributed by atoms with van der Waals surface area (Å²) in [5.41, 5.74) is 1.30. The maximum atomic E-state index is 11.9. The quantitative estimate of drug-likeness (QED) is 0.655. The molecule has 0 fully saturated rings. The highest BCUT2D eigenvalue weighted by molar-refractivity contribution is 5.91. The van der Waals surface area contributed by atoms with E-state index in [0.29, 0.717) is 6.42 Å². The zero-order valence-corrected chi connectivity index (χ0v) is 11.4. The molecule has 0 spiro atoms. The van der Waals surface area contributed by atoms with Crippen LogP contribution < -0.4 is 0 Å². The van der Waals surface area contributed by atoms with Gasteiger partial charge in [-0.15, -0.1) is 0 Å². The van der Waals surface area contributed by atoms with Gasteiger partial charge < -0.3 is 5.11 Å². The summed E-state index contributed by atoms with van der Waals surface area (Å²) in [7, 11) is 0. The third kappa shape index (κ3) is 4.47. The molecule has 0 aliphatic heterocycles. The summed E-state index contributed by atoms with van der Waals surface area (Å²) >= 11 is 0. The van der Waals surface area contributed by atoms with Crippen LogP contribution in [0.4, 0.5) is 0 Å². The molecule has 1 aliphatic carbocycles. The molecule has 0 radical (unpaired) electrons. The number of carbonyl (C=O) groups excluding carboxylic acids is 1. The van der Waals surface area contributed by atoms with Crippen molar-refractivity contribution in [2.24, 2.45) is 11.3 Å². The fourth-order valence-electron chi connectivity index (χ4n) is 1.88. The summed E-state index contributed by atoms with van der Waals surface area (Å²) in [6.45, 7) is 8.15. The average Bonchev–Trinajstić information content (AvgIpc) is 2.29. The molecule has 0 aromatic rings. The van der Waals surface area contributed by atoms with Gasteiger partial charge in [0.15, 0.2) is 5.78 Å². The summed E-state index contributed by atoms with van der Waals surface area (Å²) in [6.07, 6.45) is 7.77. The van der Waals surface area contributed by atoms with Crippen molar-refractivity contribution in [3.63, 3.8) is 0 Å². The second-order valence-corrected chi connectivity index (χ2v) is 5.87. The minimum Gasteiger partial charge on any atom is -0.392 e.